The molecule has 1 N–H and O–H groups in total. The lowest BCUT2D eigenvalue weighted by molar-refractivity contribution is -0.124. The minimum atomic E-state index is 0.210. The molecule has 1 amide bonds. The predicted octanol–water partition coefficient (Wildman–Crippen LogP) is 3.12. The molecule has 0 aromatic heterocycles. The highest BCUT2D eigenvalue weighted by atomic mass is 79.9. The van der Waals surface area contributed by atoms with Crippen LogP contribution in [0.5, 0.6) is 0 Å². The molecule has 1 aliphatic carbocycles. The molecule has 1 aliphatic rings. The highest BCUT2D eigenvalue weighted by molar-refractivity contribution is 9.09. The second-order valence-corrected chi connectivity index (χ2v) is 6.02. The number of hydrogen-bond donors (Lipinski definition) is 1. The van der Waals surface area contributed by atoms with Crippen molar-refractivity contribution in [3.8, 4) is 0 Å². The van der Waals surface area contributed by atoms with Crippen LogP contribution in [0.1, 0.15) is 46.0 Å². The second kappa shape index (κ2) is 8.92. The van der Waals surface area contributed by atoms with Gasteiger partial charge < -0.3 is 10.1 Å². The average molecular weight is 320 g/mol. The zero-order valence-electron chi connectivity index (χ0n) is 11.6. The Bertz CT molecular complexity index is 242. The molecule has 0 spiro atoms. The summed E-state index contributed by atoms with van der Waals surface area (Å²) in [7, 11) is 0. The number of hydrogen-bond acceptors (Lipinski definition) is 2. The first-order valence-corrected chi connectivity index (χ1v) is 8.22. The number of halogens is 1. The van der Waals surface area contributed by atoms with Crippen molar-refractivity contribution in [2.24, 2.45) is 11.8 Å². The number of ether oxygens (including phenoxy) is 1. The molecule has 1 unspecified atom stereocenters. The molecular weight excluding hydrogens is 294 g/mol. The van der Waals surface area contributed by atoms with Crippen molar-refractivity contribution in [1.29, 1.82) is 0 Å². The molecule has 106 valence electrons. The van der Waals surface area contributed by atoms with Crippen LogP contribution in [0.25, 0.3) is 0 Å². The Balaban J connectivity index is 1.95. The molecule has 0 radical (unpaired) electrons. The third kappa shape index (κ3) is 6.19. The van der Waals surface area contributed by atoms with Crippen LogP contribution in [0, 0.1) is 11.8 Å². The fourth-order valence-electron chi connectivity index (χ4n) is 2.30. The molecule has 0 heterocycles. The van der Waals surface area contributed by atoms with E-state index in [2.05, 4.69) is 28.2 Å². The van der Waals surface area contributed by atoms with E-state index in [9.17, 15) is 4.79 Å². The van der Waals surface area contributed by atoms with Gasteiger partial charge in [-0.1, -0.05) is 22.9 Å². The van der Waals surface area contributed by atoms with Gasteiger partial charge in [0.15, 0.2) is 0 Å². The van der Waals surface area contributed by atoms with Crippen LogP contribution in [-0.4, -0.2) is 30.5 Å². The number of nitrogens with one attached hydrogen (secondary N) is 1. The van der Waals surface area contributed by atoms with Crippen molar-refractivity contribution < 1.29 is 9.53 Å². The molecule has 1 atom stereocenters. The van der Waals surface area contributed by atoms with Gasteiger partial charge in [-0.3, -0.25) is 4.79 Å². The van der Waals surface area contributed by atoms with Crippen LogP contribution < -0.4 is 5.32 Å². The molecule has 0 aromatic rings. The van der Waals surface area contributed by atoms with E-state index in [-0.39, 0.29) is 5.91 Å². The minimum absolute atomic E-state index is 0.210. The summed E-state index contributed by atoms with van der Waals surface area (Å²) in [6.07, 6.45) is 5.44. The summed E-state index contributed by atoms with van der Waals surface area (Å²) in [4.78, 5) is 11.7. The monoisotopic (exact) mass is 319 g/mol. The van der Waals surface area contributed by atoms with E-state index >= 15 is 0 Å². The van der Waals surface area contributed by atoms with E-state index < -0.39 is 0 Å². The van der Waals surface area contributed by atoms with Crippen molar-refractivity contribution in [2.75, 3.05) is 18.5 Å². The standard InChI is InChI=1S/C14H26BrNO2/c1-3-18-13-7-12(8-13)9-14(17)16-6-4-5-11(2)10-15/h11-13H,3-10H2,1-2H3,(H,16,17). The van der Waals surface area contributed by atoms with Gasteiger partial charge in [0, 0.05) is 24.9 Å². The normalized spacial score (nSPS) is 24.4. The largest absolute Gasteiger partial charge is 0.378 e. The molecule has 18 heavy (non-hydrogen) atoms. The first-order chi connectivity index (χ1) is 8.65. The quantitative estimate of drug-likeness (QED) is 0.524. The number of carbonyl (C=O) groups excluding carboxylic acids is 1. The van der Waals surface area contributed by atoms with E-state index in [4.69, 9.17) is 4.74 Å². The van der Waals surface area contributed by atoms with Crippen molar-refractivity contribution in [2.45, 2.75) is 52.1 Å². The summed E-state index contributed by atoms with van der Waals surface area (Å²) in [6, 6.07) is 0. The van der Waals surface area contributed by atoms with Gasteiger partial charge >= 0.3 is 0 Å². The van der Waals surface area contributed by atoms with Gasteiger partial charge in [-0.15, -0.1) is 0 Å². The van der Waals surface area contributed by atoms with Gasteiger partial charge in [0.1, 0.15) is 0 Å². The summed E-state index contributed by atoms with van der Waals surface area (Å²) in [6.45, 7) is 5.85. The number of amides is 1. The maximum absolute atomic E-state index is 11.7. The zero-order valence-corrected chi connectivity index (χ0v) is 13.2. The lowest BCUT2D eigenvalue weighted by atomic mass is 9.80. The first-order valence-electron chi connectivity index (χ1n) is 7.10. The molecule has 3 nitrogen and oxygen atoms in total. The van der Waals surface area contributed by atoms with Gasteiger partial charge in [-0.05, 0) is 44.4 Å². The van der Waals surface area contributed by atoms with Crippen LogP contribution in [-0.2, 0) is 9.53 Å². The number of alkyl halides is 1. The van der Waals surface area contributed by atoms with E-state index in [1.165, 1.54) is 6.42 Å². The molecule has 4 heteroatoms. The molecule has 1 rings (SSSR count). The van der Waals surface area contributed by atoms with Gasteiger partial charge in [-0.25, -0.2) is 0 Å². The Kier molecular flexibility index (Phi) is 7.91. The molecule has 1 fully saturated rings. The SMILES string of the molecule is CCOC1CC(CC(=O)NCCCC(C)CBr)C1. The van der Waals surface area contributed by atoms with E-state index in [0.29, 0.717) is 24.4 Å². The lowest BCUT2D eigenvalue weighted by Crippen LogP contribution is -2.36. The Morgan fingerprint density at radius 3 is 2.83 bits per heavy atom. The minimum Gasteiger partial charge on any atom is -0.378 e. The summed E-state index contributed by atoms with van der Waals surface area (Å²) in [5.41, 5.74) is 0. The van der Waals surface area contributed by atoms with Crippen molar-refractivity contribution in [3.05, 3.63) is 0 Å². The van der Waals surface area contributed by atoms with Crippen LogP contribution in [0.3, 0.4) is 0 Å². The van der Waals surface area contributed by atoms with E-state index in [1.54, 1.807) is 0 Å². The van der Waals surface area contributed by atoms with Crippen molar-refractivity contribution >= 4 is 21.8 Å². The molecule has 0 aromatic carbocycles. The topological polar surface area (TPSA) is 38.3 Å². The van der Waals surface area contributed by atoms with E-state index in [0.717, 1.165) is 37.7 Å². The Labute approximate surface area is 119 Å². The summed E-state index contributed by atoms with van der Waals surface area (Å²) in [5.74, 6) is 1.45. The summed E-state index contributed by atoms with van der Waals surface area (Å²) >= 11 is 3.46. The first kappa shape index (κ1) is 16.0. The third-order valence-electron chi connectivity index (χ3n) is 3.53. The highest BCUT2D eigenvalue weighted by Gasteiger charge is 2.30. The van der Waals surface area contributed by atoms with Gasteiger partial charge in [0.2, 0.25) is 5.91 Å². The molecule has 0 saturated heterocycles. The molecule has 0 bridgehead atoms. The molecular formula is C14H26BrNO2. The van der Waals surface area contributed by atoms with Gasteiger partial charge in [-0.2, -0.15) is 0 Å². The Morgan fingerprint density at radius 2 is 2.22 bits per heavy atom. The van der Waals surface area contributed by atoms with Gasteiger partial charge in [0.25, 0.3) is 0 Å². The maximum atomic E-state index is 11.7. The van der Waals surface area contributed by atoms with Crippen LogP contribution in [0.4, 0.5) is 0 Å². The average Bonchev–Trinajstić information content (AvgIpc) is 2.31. The Morgan fingerprint density at radius 1 is 1.50 bits per heavy atom. The second-order valence-electron chi connectivity index (χ2n) is 5.37. The predicted molar refractivity (Wildman–Crippen MR) is 78.0 cm³/mol. The fourth-order valence-corrected chi connectivity index (χ4v) is 2.63. The molecule has 1 saturated carbocycles. The lowest BCUT2D eigenvalue weighted by Gasteiger charge is -2.34. The fraction of sp³-hybridized carbons (Fsp3) is 0.929. The van der Waals surface area contributed by atoms with Crippen LogP contribution in [0.15, 0.2) is 0 Å². The van der Waals surface area contributed by atoms with Gasteiger partial charge in [0.05, 0.1) is 6.10 Å². The summed E-state index contributed by atoms with van der Waals surface area (Å²) in [5, 5.41) is 4.06. The number of rotatable bonds is 9. The third-order valence-corrected chi connectivity index (χ3v) is 4.63. The van der Waals surface area contributed by atoms with Crippen molar-refractivity contribution in [1.82, 2.24) is 5.32 Å². The molecule has 0 aliphatic heterocycles. The number of carbonyl (C=O) groups is 1. The maximum Gasteiger partial charge on any atom is 0.220 e. The van der Waals surface area contributed by atoms with Crippen LogP contribution >= 0.6 is 15.9 Å². The smallest absolute Gasteiger partial charge is 0.220 e. The van der Waals surface area contributed by atoms with E-state index in [1.807, 2.05) is 6.92 Å². The van der Waals surface area contributed by atoms with Crippen molar-refractivity contribution in [3.63, 3.8) is 0 Å². The highest BCUT2D eigenvalue weighted by Crippen LogP contribution is 2.32. The summed E-state index contributed by atoms with van der Waals surface area (Å²) < 4.78 is 5.49. The zero-order chi connectivity index (χ0) is 13.4. The Hall–Kier alpha value is -0.0900. The van der Waals surface area contributed by atoms with Crippen LogP contribution in [0.2, 0.25) is 0 Å².